The van der Waals surface area contributed by atoms with Gasteiger partial charge >= 0.3 is 0 Å². The maximum absolute atomic E-state index is 11.7. The number of carbonyl (C=O) groups excluding carboxylic acids is 1. The highest BCUT2D eigenvalue weighted by molar-refractivity contribution is 9.10. The number of hydrogen-bond acceptors (Lipinski definition) is 4. The van der Waals surface area contributed by atoms with E-state index in [1.807, 2.05) is 42.5 Å². The number of rotatable bonds is 9. The number of para-hydroxylation sites is 1. The van der Waals surface area contributed by atoms with Crippen molar-refractivity contribution in [2.24, 2.45) is 5.10 Å². The van der Waals surface area contributed by atoms with E-state index in [0.717, 1.165) is 35.2 Å². The SMILES string of the molecule is CCCCOc1ccc(C=NNC(=O)COc2ccccc2Br)cc1. The van der Waals surface area contributed by atoms with E-state index < -0.39 is 0 Å². The molecule has 2 aromatic carbocycles. The van der Waals surface area contributed by atoms with E-state index >= 15 is 0 Å². The number of carbonyl (C=O) groups is 1. The molecule has 0 atom stereocenters. The third-order valence-electron chi connectivity index (χ3n) is 3.25. The van der Waals surface area contributed by atoms with Gasteiger partial charge < -0.3 is 9.47 Å². The van der Waals surface area contributed by atoms with Gasteiger partial charge in [-0.3, -0.25) is 4.79 Å². The second-order valence-corrected chi connectivity index (χ2v) is 6.14. The van der Waals surface area contributed by atoms with Crippen LogP contribution in [0.1, 0.15) is 25.3 Å². The molecule has 2 aromatic rings. The molecule has 0 heterocycles. The van der Waals surface area contributed by atoms with Crippen LogP contribution in [0, 0.1) is 0 Å². The number of hydrogen-bond donors (Lipinski definition) is 1. The monoisotopic (exact) mass is 404 g/mol. The Kier molecular flexibility index (Phi) is 7.98. The fourth-order valence-electron chi connectivity index (χ4n) is 1.90. The average Bonchev–Trinajstić information content (AvgIpc) is 2.62. The largest absolute Gasteiger partial charge is 0.494 e. The van der Waals surface area contributed by atoms with Crippen LogP contribution in [0.5, 0.6) is 11.5 Å². The molecule has 0 spiro atoms. The summed E-state index contributed by atoms with van der Waals surface area (Å²) in [6.45, 7) is 2.74. The van der Waals surface area contributed by atoms with Crippen LogP contribution in [-0.4, -0.2) is 25.3 Å². The zero-order valence-corrected chi connectivity index (χ0v) is 15.7. The van der Waals surface area contributed by atoms with Crippen molar-refractivity contribution in [3.05, 3.63) is 58.6 Å². The molecule has 0 radical (unpaired) electrons. The summed E-state index contributed by atoms with van der Waals surface area (Å²) in [5, 5.41) is 3.92. The van der Waals surface area contributed by atoms with Crippen LogP contribution in [0.25, 0.3) is 0 Å². The number of amides is 1. The zero-order chi connectivity index (χ0) is 17.9. The first-order valence-corrected chi connectivity index (χ1v) is 8.90. The van der Waals surface area contributed by atoms with Gasteiger partial charge in [-0.05, 0) is 64.3 Å². The van der Waals surface area contributed by atoms with E-state index in [2.05, 4.69) is 33.4 Å². The molecule has 0 fully saturated rings. The highest BCUT2D eigenvalue weighted by Gasteiger charge is 2.03. The quantitative estimate of drug-likeness (QED) is 0.387. The van der Waals surface area contributed by atoms with Gasteiger partial charge in [0, 0.05) is 0 Å². The summed E-state index contributed by atoms with van der Waals surface area (Å²) in [5.74, 6) is 1.11. The molecule has 1 N–H and O–H groups in total. The summed E-state index contributed by atoms with van der Waals surface area (Å²) >= 11 is 3.36. The maximum Gasteiger partial charge on any atom is 0.277 e. The summed E-state index contributed by atoms with van der Waals surface area (Å²) in [4.78, 5) is 11.7. The molecule has 2 rings (SSSR count). The fraction of sp³-hybridized carbons (Fsp3) is 0.263. The van der Waals surface area contributed by atoms with Gasteiger partial charge in [0.2, 0.25) is 0 Å². The Morgan fingerprint density at radius 3 is 2.64 bits per heavy atom. The predicted molar refractivity (Wildman–Crippen MR) is 102 cm³/mol. The van der Waals surface area contributed by atoms with Crippen LogP contribution in [0.15, 0.2) is 58.1 Å². The molecule has 0 saturated carbocycles. The normalized spacial score (nSPS) is 10.6. The minimum atomic E-state index is -0.327. The number of hydrazone groups is 1. The second-order valence-electron chi connectivity index (χ2n) is 5.28. The van der Waals surface area contributed by atoms with Crippen LogP contribution in [-0.2, 0) is 4.79 Å². The zero-order valence-electron chi connectivity index (χ0n) is 14.1. The molecule has 6 heteroatoms. The lowest BCUT2D eigenvalue weighted by molar-refractivity contribution is -0.123. The average molecular weight is 405 g/mol. The second kappa shape index (κ2) is 10.5. The minimum Gasteiger partial charge on any atom is -0.494 e. The molecule has 0 aromatic heterocycles. The van der Waals surface area contributed by atoms with Gasteiger partial charge in [0.25, 0.3) is 5.91 Å². The van der Waals surface area contributed by atoms with Crippen molar-refractivity contribution in [1.29, 1.82) is 0 Å². The molecule has 5 nitrogen and oxygen atoms in total. The van der Waals surface area contributed by atoms with Crippen LogP contribution in [0.2, 0.25) is 0 Å². The molecule has 0 unspecified atom stereocenters. The van der Waals surface area contributed by atoms with Crippen LogP contribution in [0.3, 0.4) is 0 Å². The Labute approximate surface area is 156 Å². The lowest BCUT2D eigenvalue weighted by Crippen LogP contribution is -2.24. The molecular formula is C19H21BrN2O3. The number of unbranched alkanes of at least 4 members (excludes halogenated alkanes) is 1. The van der Waals surface area contributed by atoms with Crippen molar-refractivity contribution in [3.63, 3.8) is 0 Å². The maximum atomic E-state index is 11.7. The summed E-state index contributed by atoms with van der Waals surface area (Å²) in [6.07, 6.45) is 3.72. The molecule has 0 aliphatic heterocycles. The molecule has 0 aliphatic carbocycles. The van der Waals surface area contributed by atoms with E-state index in [9.17, 15) is 4.79 Å². The van der Waals surface area contributed by atoms with E-state index in [1.165, 1.54) is 0 Å². The molecule has 0 saturated heterocycles. The first kappa shape index (κ1) is 19.0. The van der Waals surface area contributed by atoms with E-state index in [0.29, 0.717) is 5.75 Å². The van der Waals surface area contributed by atoms with E-state index in [1.54, 1.807) is 12.3 Å². The third-order valence-corrected chi connectivity index (χ3v) is 3.90. The highest BCUT2D eigenvalue weighted by Crippen LogP contribution is 2.23. The summed E-state index contributed by atoms with van der Waals surface area (Å²) in [6, 6.07) is 14.9. The van der Waals surface area contributed by atoms with E-state index in [-0.39, 0.29) is 12.5 Å². The third kappa shape index (κ3) is 6.97. The smallest absolute Gasteiger partial charge is 0.277 e. The molecule has 1 amide bonds. The minimum absolute atomic E-state index is 0.107. The van der Waals surface area contributed by atoms with Crippen molar-refractivity contribution in [3.8, 4) is 11.5 Å². The van der Waals surface area contributed by atoms with Crippen molar-refractivity contribution < 1.29 is 14.3 Å². The lowest BCUT2D eigenvalue weighted by atomic mass is 10.2. The topological polar surface area (TPSA) is 59.9 Å². The van der Waals surface area contributed by atoms with Crippen molar-refractivity contribution in [1.82, 2.24) is 5.43 Å². The van der Waals surface area contributed by atoms with Crippen LogP contribution >= 0.6 is 15.9 Å². The number of nitrogens with one attached hydrogen (secondary N) is 1. The number of halogens is 1. The standard InChI is InChI=1S/C19H21BrN2O3/c1-2-3-12-24-16-10-8-15(9-11-16)13-21-22-19(23)14-25-18-7-5-4-6-17(18)20/h4-11,13H,2-3,12,14H2,1H3,(H,22,23). The Bertz CT molecular complexity index is 702. The Balaban J connectivity index is 1.74. The molecular weight excluding hydrogens is 384 g/mol. The molecule has 25 heavy (non-hydrogen) atoms. The lowest BCUT2D eigenvalue weighted by Gasteiger charge is -2.06. The van der Waals surface area contributed by atoms with Crippen molar-refractivity contribution >= 4 is 28.1 Å². The number of nitrogens with zero attached hydrogens (tertiary/aromatic N) is 1. The van der Waals surface area contributed by atoms with Gasteiger partial charge in [0.05, 0.1) is 17.3 Å². The molecule has 0 bridgehead atoms. The summed E-state index contributed by atoms with van der Waals surface area (Å²) in [7, 11) is 0. The van der Waals surface area contributed by atoms with Gasteiger partial charge in [-0.1, -0.05) is 25.5 Å². The summed E-state index contributed by atoms with van der Waals surface area (Å²) < 4.78 is 11.8. The first-order valence-electron chi connectivity index (χ1n) is 8.11. The predicted octanol–water partition coefficient (Wildman–Crippen LogP) is 4.16. The van der Waals surface area contributed by atoms with Crippen LogP contribution < -0.4 is 14.9 Å². The molecule has 0 aliphatic rings. The Morgan fingerprint density at radius 2 is 1.92 bits per heavy atom. The van der Waals surface area contributed by atoms with Crippen LogP contribution in [0.4, 0.5) is 0 Å². The number of ether oxygens (including phenoxy) is 2. The van der Waals surface area contributed by atoms with Gasteiger partial charge in [0.1, 0.15) is 11.5 Å². The summed E-state index contributed by atoms with van der Waals surface area (Å²) in [5.41, 5.74) is 3.31. The Morgan fingerprint density at radius 1 is 1.16 bits per heavy atom. The first-order chi connectivity index (χ1) is 12.2. The van der Waals surface area contributed by atoms with Crippen molar-refractivity contribution in [2.75, 3.05) is 13.2 Å². The highest BCUT2D eigenvalue weighted by atomic mass is 79.9. The van der Waals surface area contributed by atoms with Gasteiger partial charge in [0.15, 0.2) is 6.61 Å². The Hall–Kier alpha value is -2.34. The number of benzene rings is 2. The van der Waals surface area contributed by atoms with Crippen molar-refractivity contribution in [2.45, 2.75) is 19.8 Å². The molecule has 132 valence electrons. The van der Waals surface area contributed by atoms with Gasteiger partial charge in [-0.2, -0.15) is 5.10 Å². The van der Waals surface area contributed by atoms with Gasteiger partial charge in [-0.15, -0.1) is 0 Å². The van der Waals surface area contributed by atoms with Gasteiger partial charge in [-0.25, -0.2) is 5.43 Å². The fourth-order valence-corrected chi connectivity index (χ4v) is 2.30. The van der Waals surface area contributed by atoms with E-state index in [4.69, 9.17) is 9.47 Å².